The van der Waals surface area contributed by atoms with Gasteiger partial charge in [0.1, 0.15) is 0 Å². The summed E-state index contributed by atoms with van der Waals surface area (Å²) in [6.45, 7) is 2.71. The Morgan fingerprint density at radius 2 is 2.07 bits per heavy atom. The van der Waals surface area contributed by atoms with Gasteiger partial charge in [-0.15, -0.1) is 0 Å². The zero-order valence-corrected chi connectivity index (χ0v) is 8.79. The van der Waals surface area contributed by atoms with E-state index in [0.29, 0.717) is 13.1 Å². The second-order valence-corrected chi connectivity index (χ2v) is 3.99. The lowest BCUT2D eigenvalue weighted by Gasteiger charge is -2.22. The van der Waals surface area contributed by atoms with Crippen LogP contribution in [0.2, 0.25) is 0 Å². The Balaban J connectivity index is 2.78. The lowest BCUT2D eigenvalue weighted by atomic mass is 10.2. The molecule has 1 saturated heterocycles. The molecule has 0 aromatic rings. The van der Waals surface area contributed by atoms with E-state index in [-0.39, 0.29) is 6.42 Å². The van der Waals surface area contributed by atoms with E-state index in [0.717, 1.165) is 12.8 Å². The predicted octanol–water partition coefficient (Wildman–Crippen LogP) is 1.23. The molecule has 0 aromatic carbocycles. The maximum Gasteiger partial charge on any atom is 0.371 e. The number of amides is 1. The first-order valence-corrected chi connectivity index (χ1v) is 5.03. The molecule has 1 aliphatic rings. The van der Waals surface area contributed by atoms with Crippen LogP contribution in [-0.2, 0) is 4.79 Å². The summed E-state index contributed by atoms with van der Waals surface area (Å²) in [5.41, 5.74) is 0. The van der Waals surface area contributed by atoms with E-state index >= 15 is 0 Å². The molecular formula is C8H13ClN2O3. The number of hydrogen-bond acceptors (Lipinski definition) is 3. The SMILES string of the molecule is CCC(Cl)(C(=O)N1CCCC1)[N+](=O)[O-]. The molecule has 1 rings (SSSR count). The predicted molar refractivity (Wildman–Crippen MR) is 51.7 cm³/mol. The van der Waals surface area contributed by atoms with Gasteiger partial charge in [0.15, 0.2) is 0 Å². The highest BCUT2D eigenvalue weighted by Gasteiger charge is 2.50. The van der Waals surface area contributed by atoms with Crippen LogP contribution in [0.1, 0.15) is 26.2 Å². The highest BCUT2D eigenvalue weighted by Crippen LogP contribution is 2.25. The highest BCUT2D eigenvalue weighted by atomic mass is 35.5. The molecule has 14 heavy (non-hydrogen) atoms. The van der Waals surface area contributed by atoms with E-state index in [1.54, 1.807) is 6.92 Å². The molecule has 0 radical (unpaired) electrons. The molecule has 6 heteroatoms. The van der Waals surface area contributed by atoms with Crippen molar-refractivity contribution < 1.29 is 9.72 Å². The van der Waals surface area contributed by atoms with Gasteiger partial charge in [0, 0.05) is 19.5 Å². The quantitative estimate of drug-likeness (QED) is 0.311. The van der Waals surface area contributed by atoms with Crippen molar-refractivity contribution in [2.45, 2.75) is 31.2 Å². The average molecular weight is 221 g/mol. The fourth-order valence-corrected chi connectivity index (χ4v) is 1.64. The standard InChI is InChI=1S/C8H13ClN2O3/c1-2-8(9,11(13)14)7(12)10-5-3-4-6-10/h2-6H2,1H3. The summed E-state index contributed by atoms with van der Waals surface area (Å²) in [6, 6.07) is 0. The van der Waals surface area contributed by atoms with Crippen LogP contribution in [0.25, 0.3) is 0 Å². The van der Waals surface area contributed by atoms with Crippen molar-refractivity contribution in [1.82, 2.24) is 4.90 Å². The minimum Gasteiger partial charge on any atom is -0.335 e. The number of halogens is 1. The van der Waals surface area contributed by atoms with Gasteiger partial charge < -0.3 is 4.90 Å². The maximum atomic E-state index is 11.7. The summed E-state index contributed by atoms with van der Waals surface area (Å²) in [6.07, 6.45) is 1.82. The molecule has 0 N–H and O–H groups in total. The number of alkyl halides is 1. The Morgan fingerprint density at radius 3 is 2.43 bits per heavy atom. The molecule has 1 atom stereocenters. The van der Waals surface area contributed by atoms with E-state index in [9.17, 15) is 14.9 Å². The van der Waals surface area contributed by atoms with Crippen molar-refractivity contribution in [2.24, 2.45) is 0 Å². The van der Waals surface area contributed by atoms with E-state index < -0.39 is 15.8 Å². The van der Waals surface area contributed by atoms with Crippen LogP contribution in [0, 0.1) is 10.1 Å². The van der Waals surface area contributed by atoms with Crippen LogP contribution >= 0.6 is 11.6 Å². The van der Waals surface area contributed by atoms with E-state index in [1.807, 2.05) is 0 Å². The molecule has 80 valence electrons. The van der Waals surface area contributed by atoms with Crippen LogP contribution in [-0.4, -0.2) is 33.8 Å². The van der Waals surface area contributed by atoms with Gasteiger partial charge in [-0.1, -0.05) is 6.92 Å². The Kier molecular flexibility index (Phi) is 3.31. The Labute approximate surface area is 87.2 Å². The molecule has 1 unspecified atom stereocenters. The molecule has 1 heterocycles. The first-order chi connectivity index (χ1) is 6.52. The van der Waals surface area contributed by atoms with Crippen molar-refractivity contribution in [3.8, 4) is 0 Å². The van der Waals surface area contributed by atoms with Crippen molar-refractivity contribution in [3.05, 3.63) is 10.1 Å². The fraction of sp³-hybridized carbons (Fsp3) is 0.875. The van der Waals surface area contributed by atoms with Crippen molar-refractivity contribution in [2.75, 3.05) is 13.1 Å². The number of carbonyl (C=O) groups excluding carboxylic acids is 1. The fourth-order valence-electron chi connectivity index (χ4n) is 1.52. The second-order valence-electron chi connectivity index (χ2n) is 3.37. The van der Waals surface area contributed by atoms with Crippen molar-refractivity contribution in [1.29, 1.82) is 0 Å². The molecule has 1 amide bonds. The Morgan fingerprint density at radius 1 is 1.57 bits per heavy atom. The summed E-state index contributed by atoms with van der Waals surface area (Å²) < 4.78 is 0. The Bertz CT molecular complexity index is 253. The largest absolute Gasteiger partial charge is 0.371 e. The number of carbonyl (C=O) groups is 1. The summed E-state index contributed by atoms with van der Waals surface area (Å²) in [4.78, 5) is 21.2. The molecular weight excluding hydrogens is 208 g/mol. The number of nitro groups is 1. The van der Waals surface area contributed by atoms with Gasteiger partial charge in [-0.3, -0.25) is 14.9 Å². The maximum absolute atomic E-state index is 11.7. The zero-order chi connectivity index (χ0) is 10.8. The smallest absolute Gasteiger partial charge is 0.335 e. The van der Waals surface area contributed by atoms with Crippen molar-refractivity contribution >= 4 is 17.5 Å². The van der Waals surface area contributed by atoms with Crippen LogP contribution < -0.4 is 0 Å². The number of rotatable bonds is 3. The lowest BCUT2D eigenvalue weighted by Crippen LogP contribution is -2.48. The highest BCUT2D eigenvalue weighted by molar-refractivity contribution is 6.33. The second kappa shape index (κ2) is 4.13. The number of likely N-dealkylation sites (tertiary alicyclic amines) is 1. The normalized spacial score (nSPS) is 20.6. The lowest BCUT2D eigenvalue weighted by molar-refractivity contribution is -0.527. The van der Waals surface area contributed by atoms with Gasteiger partial charge in [0.25, 0.3) is 0 Å². The van der Waals surface area contributed by atoms with Gasteiger partial charge in [-0.25, -0.2) is 0 Å². The molecule has 0 saturated carbocycles. The molecule has 0 aromatic heterocycles. The van der Waals surface area contributed by atoms with Gasteiger partial charge >= 0.3 is 10.9 Å². The summed E-state index contributed by atoms with van der Waals surface area (Å²) in [7, 11) is 0. The minimum absolute atomic E-state index is 0.0108. The summed E-state index contributed by atoms with van der Waals surface area (Å²) in [5.74, 6) is -0.566. The molecule has 0 aliphatic carbocycles. The molecule has 0 bridgehead atoms. The van der Waals surface area contributed by atoms with Gasteiger partial charge in [-0.05, 0) is 24.4 Å². The molecule has 1 aliphatic heterocycles. The monoisotopic (exact) mass is 220 g/mol. The van der Waals surface area contributed by atoms with E-state index in [1.165, 1.54) is 4.90 Å². The van der Waals surface area contributed by atoms with Crippen LogP contribution in [0.5, 0.6) is 0 Å². The van der Waals surface area contributed by atoms with Crippen molar-refractivity contribution in [3.63, 3.8) is 0 Å². The third-order valence-electron chi connectivity index (χ3n) is 2.48. The summed E-state index contributed by atoms with van der Waals surface area (Å²) >= 11 is 5.70. The minimum atomic E-state index is -1.95. The van der Waals surface area contributed by atoms with Crippen LogP contribution in [0.15, 0.2) is 0 Å². The van der Waals surface area contributed by atoms with Gasteiger partial charge in [0.2, 0.25) is 0 Å². The first-order valence-electron chi connectivity index (χ1n) is 4.65. The van der Waals surface area contributed by atoms with E-state index in [4.69, 9.17) is 11.6 Å². The third-order valence-corrected chi connectivity index (χ3v) is 3.05. The summed E-state index contributed by atoms with van der Waals surface area (Å²) in [5, 5.41) is 10.7. The first kappa shape index (κ1) is 11.2. The third kappa shape index (κ3) is 1.82. The average Bonchev–Trinajstić information content (AvgIpc) is 2.67. The van der Waals surface area contributed by atoms with Crippen LogP contribution in [0.4, 0.5) is 0 Å². The number of nitrogens with zero attached hydrogens (tertiary/aromatic N) is 2. The topological polar surface area (TPSA) is 63.5 Å². The zero-order valence-electron chi connectivity index (χ0n) is 8.03. The van der Waals surface area contributed by atoms with E-state index in [2.05, 4.69) is 0 Å². The van der Waals surface area contributed by atoms with Gasteiger partial charge in [0.05, 0.1) is 4.92 Å². The van der Waals surface area contributed by atoms with Gasteiger partial charge in [-0.2, -0.15) is 0 Å². The molecule has 1 fully saturated rings. The molecule has 5 nitrogen and oxygen atoms in total. The number of hydrogen-bond donors (Lipinski definition) is 0. The van der Waals surface area contributed by atoms with Crippen LogP contribution in [0.3, 0.4) is 0 Å². The molecule has 0 spiro atoms. The Hall–Kier alpha value is -0.840.